The van der Waals surface area contributed by atoms with Gasteiger partial charge in [0.1, 0.15) is 111 Å². The van der Waals surface area contributed by atoms with E-state index >= 15 is 0 Å². The molecular weight excluding hydrogens is 1510 g/mol. The molecule has 120 heavy (non-hydrogen) atoms. The van der Waals surface area contributed by atoms with Crippen molar-refractivity contribution in [2.75, 3.05) is 70.6 Å². The molecular formula is C92H98N22O6. The van der Waals surface area contributed by atoms with Gasteiger partial charge < -0.3 is 51.0 Å². The van der Waals surface area contributed by atoms with Crippen LogP contribution in [0.15, 0.2) is 217 Å². The smallest absolute Gasteiger partial charge is 0.264 e. The molecule has 9 heterocycles. The van der Waals surface area contributed by atoms with Gasteiger partial charge in [-0.05, 0) is 192 Å². The molecule has 3 fully saturated rings. The maximum atomic E-state index is 13.7. The van der Waals surface area contributed by atoms with Gasteiger partial charge in [0.15, 0.2) is 16.9 Å². The summed E-state index contributed by atoms with van der Waals surface area (Å²) in [5.74, 6) is 4.80. The van der Waals surface area contributed by atoms with Gasteiger partial charge in [0.25, 0.3) is 23.4 Å². The average molecular weight is 1610 g/mol. The highest BCUT2D eigenvalue weighted by molar-refractivity contribution is 6.02. The number of hydrogen-bond acceptors (Lipinski definition) is 21. The van der Waals surface area contributed by atoms with E-state index in [1.807, 2.05) is 259 Å². The van der Waals surface area contributed by atoms with Crippen LogP contribution >= 0.6 is 0 Å². The highest BCUT2D eigenvalue weighted by Gasteiger charge is 2.36. The number of aromatic nitrogens is 12. The second kappa shape index (κ2) is 36.1. The number of likely N-dealkylation sites (tertiary alicyclic amines) is 3. The molecule has 0 aliphatic carbocycles. The van der Waals surface area contributed by atoms with Crippen molar-refractivity contribution in [2.45, 2.75) is 125 Å². The topological polar surface area (TPSA) is 353 Å². The maximum Gasteiger partial charge on any atom is 0.264 e. The number of nitriles is 2. The molecule has 15 rings (SSSR count). The van der Waals surface area contributed by atoms with E-state index in [9.17, 15) is 24.9 Å². The van der Waals surface area contributed by atoms with E-state index < -0.39 is 5.54 Å². The van der Waals surface area contributed by atoms with Crippen LogP contribution < -0.4 is 31.4 Å². The molecule has 12 aromatic rings. The van der Waals surface area contributed by atoms with Crippen molar-refractivity contribution in [2.24, 2.45) is 10.8 Å². The Morgan fingerprint density at radius 3 is 1.07 bits per heavy atom. The molecule has 3 saturated heterocycles. The largest absolute Gasteiger partial charge is 0.457 e. The van der Waals surface area contributed by atoms with Crippen LogP contribution in [0.2, 0.25) is 0 Å². The monoisotopic (exact) mass is 1610 g/mol. The van der Waals surface area contributed by atoms with Gasteiger partial charge in [-0.2, -0.15) is 25.8 Å². The van der Waals surface area contributed by atoms with Crippen molar-refractivity contribution in [1.29, 1.82) is 10.5 Å². The molecule has 0 unspecified atom stereocenters. The van der Waals surface area contributed by atoms with Crippen LogP contribution in [-0.2, 0) is 14.4 Å². The summed E-state index contributed by atoms with van der Waals surface area (Å²) in [5, 5.41) is 36.1. The fourth-order valence-corrected chi connectivity index (χ4v) is 14.8. The van der Waals surface area contributed by atoms with E-state index in [4.69, 9.17) is 53.3 Å². The minimum absolute atomic E-state index is 0.0254. The summed E-state index contributed by atoms with van der Waals surface area (Å²) in [6, 6.07) is 55.9. The number of para-hydroxylation sites is 3. The van der Waals surface area contributed by atoms with Gasteiger partial charge in [0.05, 0.1) is 40.9 Å². The third-order valence-electron chi connectivity index (χ3n) is 21.7. The van der Waals surface area contributed by atoms with Crippen LogP contribution in [0.4, 0.5) is 17.5 Å². The number of allylic oxidation sites excluding steroid dienone is 2. The van der Waals surface area contributed by atoms with Crippen LogP contribution in [0.25, 0.3) is 71.7 Å². The lowest BCUT2D eigenvalue weighted by molar-refractivity contribution is -0.129. The van der Waals surface area contributed by atoms with Gasteiger partial charge >= 0.3 is 0 Å². The SMILES string of the molecule is CC(C)(C)/C=C(/C#N)C(=O)N1CCC(n2nc(-c3ccc(Oc4ccccc4)cc3)c3c(N)ncnc32)CC1.CC(C)(C)C=C(C#N)C(=O)N1CCC(n2nc(-c3ccc(Oc4ccccc4)cc3)c3c(N)ncnc32)CC1.[C-]#[N+]/C(C(=O)N1CCC[C@@H](n2nc(-c3ccc(Oc4ccccc4)cc3)c3c(N)ncnc32)C1)=C(/C)C(C)(C)N(C)C. The van der Waals surface area contributed by atoms with E-state index in [1.54, 1.807) is 26.9 Å². The summed E-state index contributed by atoms with van der Waals surface area (Å²) in [4.78, 5) is 76.9. The zero-order chi connectivity index (χ0) is 85.2. The van der Waals surface area contributed by atoms with Crippen LogP contribution in [0.5, 0.6) is 34.5 Å². The van der Waals surface area contributed by atoms with Gasteiger partial charge in [-0.15, -0.1) is 0 Å². The molecule has 6 N–H and O–H groups in total. The molecule has 3 aliphatic heterocycles. The number of ether oxygens (including phenoxy) is 3. The second-order valence-electron chi connectivity index (χ2n) is 32.8. The third kappa shape index (κ3) is 19.1. The Labute approximate surface area is 697 Å². The van der Waals surface area contributed by atoms with Crippen LogP contribution in [-0.4, -0.2) is 155 Å². The van der Waals surface area contributed by atoms with E-state index in [-0.39, 0.29) is 63.5 Å². The number of piperidine rings is 3. The normalized spacial score (nSPS) is 15.3. The number of likely N-dealkylation sites (N-methyl/N-ethyl adjacent to an activating group) is 1. The standard InChI is InChI=1S/C32H36N8O2.2C30H31N7O2/c1-21(32(2,3)38(5)6)27(34-4)31(41)39-18-10-11-23(19-39)40-30-26(29(33)35-20-36-30)28(37-40)22-14-16-25(17-15-22)42-24-12-8-7-9-13-24;2*1-30(2,3)17-21(18-31)29(38)36-15-13-22(14-16-36)37-28-25(27(32)33-19-34-28)26(35-37)20-9-11-24(12-10-20)39-23-7-5-4-6-8-23/h7-9,12-17,20,23H,10-11,18-19H2,1-3,5-6H3,(H2,33,35,36);2*4-12,17,19,22H,13-16H2,1-3H3,(H2,32,33,34)/b27-21-;21-17-;/t23-;;/m1../s1. The van der Waals surface area contributed by atoms with Crippen molar-refractivity contribution < 1.29 is 28.6 Å². The summed E-state index contributed by atoms with van der Waals surface area (Å²) in [7, 11) is 3.90. The van der Waals surface area contributed by atoms with Crippen molar-refractivity contribution in [3.8, 4) is 80.4 Å². The molecule has 6 aromatic heterocycles. The number of anilines is 3. The molecule has 0 spiro atoms. The van der Waals surface area contributed by atoms with Gasteiger partial charge in [-0.3, -0.25) is 14.4 Å². The minimum atomic E-state index is -0.437. The number of fused-ring (bicyclic) bond motifs is 3. The van der Waals surface area contributed by atoms with Crippen LogP contribution in [0, 0.1) is 40.1 Å². The number of amides is 3. The van der Waals surface area contributed by atoms with E-state index in [2.05, 4.69) is 46.9 Å². The van der Waals surface area contributed by atoms with Crippen molar-refractivity contribution in [1.82, 2.24) is 78.8 Å². The molecule has 28 nitrogen and oxygen atoms in total. The first-order chi connectivity index (χ1) is 57.6. The lowest BCUT2D eigenvalue weighted by atomic mass is 9.91. The highest BCUT2D eigenvalue weighted by Crippen LogP contribution is 2.41. The maximum absolute atomic E-state index is 13.7. The summed E-state index contributed by atoms with van der Waals surface area (Å²) in [6.07, 6.45) is 12.1. The number of nitrogens with zero attached hydrogens (tertiary/aromatic N) is 19. The Kier molecular flexibility index (Phi) is 25.2. The fourth-order valence-electron chi connectivity index (χ4n) is 14.8. The molecule has 0 bridgehead atoms. The zero-order valence-corrected chi connectivity index (χ0v) is 69.4. The number of carbonyl (C=O) groups excluding carboxylic acids is 3. The Morgan fingerprint density at radius 1 is 0.450 bits per heavy atom. The predicted molar refractivity (Wildman–Crippen MR) is 463 cm³/mol. The highest BCUT2D eigenvalue weighted by atomic mass is 16.5. The Morgan fingerprint density at radius 2 is 0.767 bits per heavy atom. The molecule has 0 saturated carbocycles. The third-order valence-corrected chi connectivity index (χ3v) is 21.7. The first-order valence-electron chi connectivity index (χ1n) is 39.9. The molecule has 3 amide bonds. The Balaban J connectivity index is 0.000000156. The first-order valence-corrected chi connectivity index (χ1v) is 39.9. The van der Waals surface area contributed by atoms with Crippen LogP contribution in [0.1, 0.15) is 119 Å². The molecule has 612 valence electrons. The van der Waals surface area contributed by atoms with Gasteiger partial charge in [0.2, 0.25) is 0 Å². The molecule has 3 aliphatic rings. The predicted octanol–water partition coefficient (Wildman–Crippen LogP) is 16.6. The number of nitrogens with two attached hydrogens (primary N) is 3. The van der Waals surface area contributed by atoms with Crippen molar-refractivity contribution in [3.05, 3.63) is 229 Å². The average Bonchev–Trinajstić information content (AvgIpc) is 1.61. The number of rotatable bonds is 17. The molecule has 1 atom stereocenters. The number of carbonyl (C=O) groups is 3. The zero-order valence-electron chi connectivity index (χ0n) is 69.4. The number of benzene rings is 6. The van der Waals surface area contributed by atoms with E-state index in [0.29, 0.717) is 150 Å². The van der Waals surface area contributed by atoms with Gasteiger partial charge in [0, 0.05) is 61.5 Å². The van der Waals surface area contributed by atoms with E-state index in [1.165, 1.54) is 19.0 Å². The summed E-state index contributed by atoms with van der Waals surface area (Å²) in [5.41, 5.74) is 26.0. The molecule has 6 aromatic carbocycles. The number of nitrogen functional groups attached to an aromatic ring is 3. The molecule has 28 heteroatoms. The second-order valence-corrected chi connectivity index (χ2v) is 32.8. The summed E-state index contributed by atoms with van der Waals surface area (Å²) < 4.78 is 23.5. The Bertz CT molecular complexity index is 5690. The van der Waals surface area contributed by atoms with E-state index in [0.717, 1.165) is 52.4 Å². The first kappa shape index (κ1) is 83.8. The Hall–Kier alpha value is -14.2. The lowest BCUT2D eigenvalue weighted by Gasteiger charge is -2.36. The molecule has 0 radical (unpaired) electrons. The van der Waals surface area contributed by atoms with Gasteiger partial charge in [-0.25, -0.2) is 48.8 Å². The summed E-state index contributed by atoms with van der Waals surface area (Å²) in [6.45, 7) is 28.7. The van der Waals surface area contributed by atoms with Crippen molar-refractivity contribution >= 4 is 68.3 Å². The minimum Gasteiger partial charge on any atom is -0.457 e. The van der Waals surface area contributed by atoms with Crippen LogP contribution in [0.3, 0.4) is 0 Å². The summed E-state index contributed by atoms with van der Waals surface area (Å²) >= 11 is 0. The number of hydrogen-bond donors (Lipinski definition) is 3. The van der Waals surface area contributed by atoms with Crippen molar-refractivity contribution in [3.63, 3.8) is 0 Å². The quantitative estimate of drug-likeness (QED) is 0.0433. The van der Waals surface area contributed by atoms with Gasteiger partial charge in [-0.1, -0.05) is 115 Å². The lowest BCUT2D eigenvalue weighted by Crippen LogP contribution is -2.44. The fraction of sp³-hybridized carbons (Fsp3) is 0.315.